The molecule has 0 bridgehead atoms. The van der Waals surface area contributed by atoms with Gasteiger partial charge in [-0.15, -0.1) is 0 Å². The van der Waals surface area contributed by atoms with Crippen molar-refractivity contribution in [3.63, 3.8) is 0 Å². The number of carbonyl (C=O) groups is 2. The van der Waals surface area contributed by atoms with Crippen molar-refractivity contribution in [3.8, 4) is 0 Å². The third-order valence-corrected chi connectivity index (χ3v) is 7.53. The molecule has 30 heavy (non-hydrogen) atoms. The topological polar surface area (TPSA) is 111 Å². The minimum atomic E-state index is -3.76. The number of benzene rings is 1. The van der Waals surface area contributed by atoms with Crippen LogP contribution >= 0.6 is 0 Å². The zero-order valence-corrected chi connectivity index (χ0v) is 18.2. The van der Waals surface area contributed by atoms with E-state index in [4.69, 9.17) is 5.41 Å². The molecule has 1 heterocycles. The van der Waals surface area contributed by atoms with Gasteiger partial charge < -0.3 is 10.2 Å². The number of carbonyl (C=O) groups excluding carboxylic acids is 2. The molecule has 0 aromatic heterocycles. The molecule has 1 saturated heterocycles. The van der Waals surface area contributed by atoms with Crippen LogP contribution in [-0.2, 0) is 26.0 Å². The first-order chi connectivity index (χ1) is 14.3. The zero-order chi connectivity index (χ0) is 21.7. The summed E-state index contributed by atoms with van der Waals surface area (Å²) in [4.78, 5) is 24.5. The molecule has 2 N–H and O–H groups in total. The Morgan fingerprint density at radius 3 is 2.40 bits per heavy atom. The predicted octanol–water partition coefficient (Wildman–Crippen LogP) is 1.90. The molecule has 9 heteroatoms. The number of ketones is 1. The minimum Gasteiger partial charge on any atom is -0.355 e. The molecule has 1 aromatic carbocycles. The van der Waals surface area contributed by atoms with Crippen LogP contribution in [0.1, 0.15) is 51.0 Å². The van der Waals surface area contributed by atoms with Crippen molar-refractivity contribution in [2.24, 2.45) is 0 Å². The van der Waals surface area contributed by atoms with Crippen molar-refractivity contribution in [1.82, 2.24) is 14.5 Å². The van der Waals surface area contributed by atoms with E-state index in [0.717, 1.165) is 31.2 Å². The van der Waals surface area contributed by atoms with E-state index in [9.17, 15) is 18.0 Å². The number of nitrogens with zero attached hydrogens (tertiary/aromatic N) is 2. The van der Waals surface area contributed by atoms with Gasteiger partial charge in [-0.1, -0.05) is 31.4 Å². The molecule has 1 saturated carbocycles. The van der Waals surface area contributed by atoms with Gasteiger partial charge in [0.05, 0.1) is 17.9 Å². The van der Waals surface area contributed by atoms with Gasteiger partial charge in [0.25, 0.3) is 10.0 Å². The molecule has 1 aliphatic carbocycles. The lowest BCUT2D eigenvalue weighted by atomic mass is 9.94. The van der Waals surface area contributed by atoms with E-state index in [1.165, 1.54) is 17.6 Å². The Morgan fingerprint density at radius 1 is 1.10 bits per heavy atom. The first-order valence-corrected chi connectivity index (χ1v) is 12.0. The number of nitrogens with one attached hydrogen (secondary N) is 2. The Hall–Kier alpha value is -2.42. The van der Waals surface area contributed by atoms with Gasteiger partial charge in [0.2, 0.25) is 11.9 Å². The van der Waals surface area contributed by atoms with Crippen molar-refractivity contribution in [2.45, 2.75) is 62.8 Å². The fourth-order valence-electron chi connectivity index (χ4n) is 4.13. The molecule has 164 valence electrons. The van der Waals surface area contributed by atoms with Gasteiger partial charge in [0.1, 0.15) is 5.78 Å². The summed E-state index contributed by atoms with van der Waals surface area (Å²) in [6.07, 6.45) is 5.94. The largest absolute Gasteiger partial charge is 0.355 e. The van der Waals surface area contributed by atoms with E-state index in [2.05, 4.69) is 5.32 Å². The molecule has 0 unspecified atom stereocenters. The van der Waals surface area contributed by atoms with E-state index in [-0.39, 0.29) is 35.0 Å². The summed E-state index contributed by atoms with van der Waals surface area (Å²) in [7, 11) is -3.76. The number of amides is 1. The van der Waals surface area contributed by atoms with Gasteiger partial charge in [-0.3, -0.25) is 15.0 Å². The molecular formula is C21H30N4O4S. The van der Waals surface area contributed by atoms with Gasteiger partial charge >= 0.3 is 0 Å². The average molecular weight is 435 g/mol. The molecule has 0 atom stereocenters. The van der Waals surface area contributed by atoms with Gasteiger partial charge in [-0.2, -0.15) is 0 Å². The lowest BCUT2D eigenvalue weighted by Gasteiger charge is -2.32. The summed E-state index contributed by atoms with van der Waals surface area (Å²) >= 11 is 0. The van der Waals surface area contributed by atoms with E-state index in [1.54, 1.807) is 24.3 Å². The normalized spacial score (nSPS) is 18.0. The molecule has 3 rings (SSSR count). The number of hydrogen-bond acceptors (Lipinski definition) is 5. The van der Waals surface area contributed by atoms with Crippen LogP contribution in [0.15, 0.2) is 29.2 Å². The highest BCUT2D eigenvalue weighted by Gasteiger charge is 2.38. The van der Waals surface area contributed by atoms with Crippen LogP contribution in [0.25, 0.3) is 0 Å². The van der Waals surface area contributed by atoms with Crippen molar-refractivity contribution in [2.75, 3.05) is 19.6 Å². The first kappa shape index (κ1) is 22.3. The molecule has 0 radical (unpaired) electrons. The highest BCUT2D eigenvalue weighted by Crippen LogP contribution is 2.28. The van der Waals surface area contributed by atoms with Crippen LogP contribution in [-0.4, -0.2) is 60.9 Å². The lowest BCUT2D eigenvalue weighted by Crippen LogP contribution is -2.42. The van der Waals surface area contributed by atoms with Gasteiger partial charge in [0.15, 0.2) is 0 Å². The predicted molar refractivity (Wildman–Crippen MR) is 114 cm³/mol. The summed E-state index contributed by atoms with van der Waals surface area (Å²) in [5.41, 5.74) is 0.886. The second-order valence-electron chi connectivity index (χ2n) is 8.01. The van der Waals surface area contributed by atoms with E-state index in [0.29, 0.717) is 26.1 Å². The Bertz CT molecular complexity index is 892. The quantitative estimate of drug-likeness (QED) is 0.607. The van der Waals surface area contributed by atoms with Crippen molar-refractivity contribution >= 4 is 27.7 Å². The first-order valence-electron chi connectivity index (χ1n) is 10.5. The fourth-order valence-corrected chi connectivity index (χ4v) is 5.52. The molecule has 1 aromatic rings. The monoisotopic (exact) mass is 434 g/mol. The molecule has 1 aliphatic heterocycles. The Morgan fingerprint density at radius 2 is 1.77 bits per heavy atom. The second kappa shape index (κ2) is 9.59. The summed E-state index contributed by atoms with van der Waals surface area (Å²) in [6.45, 7) is 2.63. The number of guanidine groups is 1. The summed E-state index contributed by atoms with van der Waals surface area (Å²) in [5.74, 6) is -0.410. The maximum atomic E-state index is 13.1. The highest BCUT2D eigenvalue weighted by molar-refractivity contribution is 7.89. The number of Topliss-reactive ketones (excluding diaryl/α,β-unsaturated/α-hetero) is 1. The molecule has 2 fully saturated rings. The molecule has 1 amide bonds. The maximum Gasteiger partial charge on any atom is 0.266 e. The molecule has 0 spiro atoms. The average Bonchev–Trinajstić information content (AvgIpc) is 3.10. The Balaban J connectivity index is 1.59. The number of sulfonamides is 1. The third kappa shape index (κ3) is 5.19. The van der Waals surface area contributed by atoms with E-state index >= 15 is 0 Å². The van der Waals surface area contributed by atoms with E-state index < -0.39 is 10.0 Å². The molecular weight excluding hydrogens is 404 g/mol. The number of hydrogen-bond donors (Lipinski definition) is 2. The Labute approximate surface area is 178 Å². The Kier molecular flexibility index (Phi) is 7.12. The SMILES string of the molecule is CC(=O)CC(=O)NCCc1ccc(S(=O)(=O)N2CCN(C3CCCCC3)C2=N)cc1. The zero-order valence-electron chi connectivity index (χ0n) is 17.4. The lowest BCUT2D eigenvalue weighted by molar-refractivity contribution is -0.127. The van der Waals surface area contributed by atoms with Gasteiger partial charge in [-0.25, -0.2) is 12.7 Å². The van der Waals surface area contributed by atoms with Gasteiger partial charge in [-0.05, 0) is 43.9 Å². The maximum absolute atomic E-state index is 13.1. The molecule has 2 aliphatic rings. The van der Waals surface area contributed by atoms with Crippen LogP contribution in [0.2, 0.25) is 0 Å². The fraction of sp³-hybridized carbons (Fsp3) is 0.571. The van der Waals surface area contributed by atoms with Crippen molar-refractivity contribution < 1.29 is 18.0 Å². The summed E-state index contributed by atoms with van der Waals surface area (Å²) in [5, 5.41) is 11.1. The van der Waals surface area contributed by atoms with Crippen LogP contribution in [0, 0.1) is 5.41 Å². The van der Waals surface area contributed by atoms with Crippen LogP contribution in [0.4, 0.5) is 0 Å². The van der Waals surface area contributed by atoms with Crippen LogP contribution < -0.4 is 5.32 Å². The smallest absolute Gasteiger partial charge is 0.266 e. The van der Waals surface area contributed by atoms with Crippen molar-refractivity contribution in [1.29, 1.82) is 5.41 Å². The molecule has 8 nitrogen and oxygen atoms in total. The van der Waals surface area contributed by atoms with E-state index in [1.807, 2.05) is 4.90 Å². The minimum absolute atomic E-state index is 0.0826. The summed E-state index contributed by atoms with van der Waals surface area (Å²) in [6, 6.07) is 6.83. The highest BCUT2D eigenvalue weighted by atomic mass is 32.2. The second-order valence-corrected chi connectivity index (χ2v) is 9.87. The van der Waals surface area contributed by atoms with Gasteiger partial charge in [0, 0.05) is 19.1 Å². The van der Waals surface area contributed by atoms with Crippen LogP contribution in [0.5, 0.6) is 0 Å². The van der Waals surface area contributed by atoms with Crippen molar-refractivity contribution in [3.05, 3.63) is 29.8 Å². The summed E-state index contributed by atoms with van der Waals surface area (Å²) < 4.78 is 27.3. The standard InChI is InChI=1S/C21H30N4O4S/c1-16(26)15-20(27)23-12-11-17-7-9-19(10-8-17)30(28,29)25-14-13-24(21(25)22)18-5-3-2-4-6-18/h7-10,18,22H,2-6,11-15H2,1H3,(H,23,27). The van der Waals surface area contributed by atoms with Crippen LogP contribution in [0.3, 0.4) is 0 Å². The third-order valence-electron chi connectivity index (χ3n) is 5.72. The number of rotatable bonds is 8.